The molecule has 0 spiro atoms. The molecule has 1 atom stereocenters. The second kappa shape index (κ2) is 6.52. The molecule has 0 aliphatic carbocycles. The summed E-state index contributed by atoms with van der Waals surface area (Å²) < 4.78 is 25.7. The molecule has 0 N–H and O–H groups in total. The van der Waals surface area contributed by atoms with Gasteiger partial charge in [-0.3, -0.25) is 9.10 Å². The van der Waals surface area contributed by atoms with E-state index >= 15 is 0 Å². The fraction of sp³-hybridized carbons (Fsp3) is 0.316. The number of carbonyl (C=O) groups is 1. The minimum absolute atomic E-state index is 0.0179. The Kier molecular flexibility index (Phi) is 4.56. The molecule has 0 saturated carbocycles. The number of aryl methyl sites for hydroxylation is 1. The first kappa shape index (κ1) is 17.5. The summed E-state index contributed by atoms with van der Waals surface area (Å²) in [5, 5.41) is 0. The predicted octanol–water partition coefficient (Wildman–Crippen LogP) is 2.74. The van der Waals surface area contributed by atoms with Gasteiger partial charge >= 0.3 is 0 Å². The fourth-order valence-corrected chi connectivity index (χ4v) is 4.11. The molecule has 0 saturated heterocycles. The van der Waals surface area contributed by atoms with Crippen molar-refractivity contribution in [3.8, 4) is 0 Å². The summed E-state index contributed by atoms with van der Waals surface area (Å²) in [6.07, 6.45) is 1.91. The van der Waals surface area contributed by atoms with Gasteiger partial charge in [-0.2, -0.15) is 0 Å². The highest BCUT2D eigenvalue weighted by Crippen LogP contribution is 2.32. The van der Waals surface area contributed by atoms with Crippen molar-refractivity contribution in [2.75, 3.05) is 22.0 Å². The van der Waals surface area contributed by atoms with E-state index in [0.717, 1.165) is 29.5 Å². The van der Waals surface area contributed by atoms with E-state index in [1.807, 2.05) is 50.2 Å². The number of benzene rings is 2. The van der Waals surface area contributed by atoms with E-state index < -0.39 is 10.0 Å². The molecule has 1 amide bonds. The summed E-state index contributed by atoms with van der Waals surface area (Å²) in [5.74, 6) is -0.219. The van der Waals surface area contributed by atoms with E-state index in [-0.39, 0.29) is 18.5 Å². The normalized spacial score (nSPS) is 16.6. The van der Waals surface area contributed by atoms with Gasteiger partial charge in [0.1, 0.15) is 6.54 Å². The van der Waals surface area contributed by atoms with Gasteiger partial charge in [-0.1, -0.05) is 35.9 Å². The van der Waals surface area contributed by atoms with Gasteiger partial charge in [0.25, 0.3) is 0 Å². The van der Waals surface area contributed by atoms with Gasteiger partial charge in [-0.25, -0.2) is 8.42 Å². The third-order valence-corrected chi connectivity index (χ3v) is 5.62. The number of anilines is 2. The molecule has 2 aromatic carbocycles. The SMILES string of the molecule is Cc1ccc(N(CC(=O)N2c3ccccc3C[C@@H]2C)S(C)(=O)=O)cc1. The molecule has 1 heterocycles. The van der Waals surface area contributed by atoms with Crippen LogP contribution in [0.5, 0.6) is 0 Å². The van der Waals surface area contributed by atoms with Crippen LogP contribution < -0.4 is 9.21 Å². The molecule has 132 valence electrons. The summed E-state index contributed by atoms with van der Waals surface area (Å²) in [6, 6.07) is 14.9. The first-order valence-electron chi connectivity index (χ1n) is 8.21. The van der Waals surface area contributed by atoms with E-state index in [2.05, 4.69) is 0 Å². The van der Waals surface area contributed by atoms with Crippen LogP contribution in [0, 0.1) is 6.92 Å². The predicted molar refractivity (Wildman–Crippen MR) is 100 cm³/mol. The Balaban J connectivity index is 1.90. The topological polar surface area (TPSA) is 57.7 Å². The molecule has 2 aromatic rings. The molecule has 6 heteroatoms. The van der Waals surface area contributed by atoms with Gasteiger partial charge in [-0.05, 0) is 44.0 Å². The summed E-state index contributed by atoms with van der Waals surface area (Å²) in [6.45, 7) is 3.71. The van der Waals surface area contributed by atoms with Crippen LogP contribution in [0.4, 0.5) is 11.4 Å². The number of hydrogen-bond donors (Lipinski definition) is 0. The van der Waals surface area contributed by atoms with Crippen molar-refractivity contribution in [3.05, 3.63) is 59.7 Å². The third kappa shape index (κ3) is 3.54. The molecule has 0 bridgehead atoms. The van der Waals surface area contributed by atoms with Crippen LogP contribution in [0.25, 0.3) is 0 Å². The largest absolute Gasteiger partial charge is 0.307 e. The summed E-state index contributed by atoms with van der Waals surface area (Å²) in [5.41, 5.74) is 3.52. The van der Waals surface area contributed by atoms with Crippen molar-refractivity contribution in [2.45, 2.75) is 26.3 Å². The number of sulfonamides is 1. The van der Waals surface area contributed by atoms with Gasteiger partial charge in [0.15, 0.2) is 0 Å². The highest BCUT2D eigenvalue weighted by molar-refractivity contribution is 7.92. The van der Waals surface area contributed by atoms with Crippen molar-refractivity contribution < 1.29 is 13.2 Å². The number of hydrogen-bond acceptors (Lipinski definition) is 3. The molecule has 5 nitrogen and oxygen atoms in total. The zero-order chi connectivity index (χ0) is 18.2. The van der Waals surface area contributed by atoms with E-state index in [4.69, 9.17) is 0 Å². The molecule has 0 unspecified atom stereocenters. The number of para-hydroxylation sites is 1. The lowest BCUT2D eigenvalue weighted by Crippen LogP contribution is -2.45. The maximum atomic E-state index is 12.9. The second-order valence-corrected chi connectivity index (χ2v) is 8.46. The smallest absolute Gasteiger partial charge is 0.248 e. The Labute approximate surface area is 148 Å². The van der Waals surface area contributed by atoms with Crippen LogP contribution in [-0.2, 0) is 21.2 Å². The van der Waals surface area contributed by atoms with Crippen molar-refractivity contribution in [2.24, 2.45) is 0 Å². The van der Waals surface area contributed by atoms with Gasteiger partial charge in [0, 0.05) is 11.7 Å². The van der Waals surface area contributed by atoms with E-state index in [1.54, 1.807) is 17.0 Å². The third-order valence-electron chi connectivity index (χ3n) is 4.48. The Morgan fingerprint density at radius 1 is 1.16 bits per heavy atom. The standard InChI is InChI=1S/C19H22N2O3S/c1-14-8-10-17(11-9-14)20(25(3,23)24)13-19(22)21-15(2)12-16-6-4-5-7-18(16)21/h4-11,15H,12-13H2,1-3H3/t15-/m0/s1. The highest BCUT2D eigenvalue weighted by Gasteiger charge is 2.32. The van der Waals surface area contributed by atoms with Crippen LogP contribution in [0.2, 0.25) is 0 Å². The second-order valence-electron chi connectivity index (χ2n) is 6.55. The molecule has 0 aromatic heterocycles. The van der Waals surface area contributed by atoms with Crippen molar-refractivity contribution in [1.82, 2.24) is 0 Å². The van der Waals surface area contributed by atoms with Gasteiger partial charge in [0.05, 0.1) is 11.9 Å². The first-order valence-corrected chi connectivity index (χ1v) is 10.1. The quantitative estimate of drug-likeness (QED) is 0.844. The van der Waals surface area contributed by atoms with Crippen LogP contribution in [0.3, 0.4) is 0 Å². The monoisotopic (exact) mass is 358 g/mol. The molecular formula is C19H22N2O3S. The van der Waals surface area contributed by atoms with Crippen molar-refractivity contribution in [1.29, 1.82) is 0 Å². The lowest BCUT2D eigenvalue weighted by molar-refractivity contribution is -0.117. The fourth-order valence-electron chi connectivity index (χ4n) is 3.26. The summed E-state index contributed by atoms with van der Waals surface area (Å²) in [7, 11) is -3.56. The van der Waals surface area contributed by atoms with Gasteiger partial charge in [0.2, 0.25) is 15.9 Å². The maximum absolute atomic E-state index is 12.9. The Bertz CT molecular complexity index is 891. The van der Waals surface area contributed by atoms with Gasteiger partial charge in [-0.15, -0.1) is 0 Å². The number of amides is 1. The average molecular weight is 358 g/mol. The zero-order valence-corrected chi connectivity index (χ0v) is 15.5. The van der Waals surface area contributed by atoms with Crippen molar-refractivity contribution in [3.63, 3.8) is 0 Å². The van der Waals surface area contributed by atoms with E-state index in [0.29, 0.717) is 5.69 Å². The number of nitrogens with zero attached hydrogens (tertiary/aromatic N) is 2. The van der Waals surface area contributed by atoms with E-state index in [1.165, 1.54) is 4.31 Å². The first-order chi connectivity index (χ1) is 11.8. The Hall–Kier alpha value is -2.34. The minimum atomic E-state index is -3.56. The number of fused-ring (bicyclic) bond motifs is 1. The average Bonchev–Trinajstić information content (AvgIpc) is 2.88. The molecule has 0 radical (unpaired) electrons. The molecule has 25 heavy (non-hydrogen) atoms. The number of rotatable bonds is 4. The van der Waals surface area contributed by atoms with Crippen LogP contribution in [-0.4, -0.2) is 33.2 Å². The summed E-state index contributed by atoms with van der Waals surface area (Å²) >= 11 is 0. The minimum Gasteiger partial charge on any atom is -0.307 e. The Morgan fingerprint density at radius 2 is 1.80 bits per heavy atom. The molecular weight excluding hydrogens is 336 g/mol. The van der Waals surface area contributed by atoms with E-state index in [9.17, 15) is 13.2 Å². The molecule has 1 aliphatic rings. The van der Waals surface area contributed by atoms with Crippen LogP contribution in [0.1, 0.15) is 18.1 Å². The lowest BCUT2D eigenvalue weighted by Gasteiger charge is -2.28. The Morgan fingerprint density at radius 3 is 2.44 bits per heavy atom. The summed E-state index contributed by atoms with van der Waals surface area (Å²) in [4.78, 5) is 14.6. The van der Waals surface area contributed by atoms with Gasteiger partial charge < -0.3 is 4.90 Å². The maximum Gasteiger partial charge on any atom is 0.248 e. The number of carbonyl (C=O) groups excluding carboxylic acids is 1. The molecule has 3 rings (SSSR count). The molecule has 1 aliphatic heterocycles. The lowest BCUT2D eigenvalue weighted by atomic mass is 10.1. The van der Waals surface area contributed by atoms with Crippen LogP contribution in [0.15, 0.2) is 48.5 Å². The zero-order valence-electron chi connectivity index (χ0n) is 14.6. The molecule has 0 fully saturated rings. The van der Waals surface area contributed by atoms with Crippen molar-refractivity contribution >= 4 is 27.3 Å². The highest BCUT2D eigenvalue weighted by atomic mass is 32.2. The van der Waals surface area contributed by atoms with Crippen LogP contribution >= 0.6 is 0 Å².